The van der Waals surface area contributed by atoms with Gasteiger partial charge >= 0.3 is 6.09 Å². The van der Waals surface area contributed by atoms with Gasteiger partial charge in [-0.05, 0) is 61.6 Å². The molecule has 2 aromatic carbocycles. The highest BCUT2D eigenvalue weighted by atomic mass is 32.1. The van der Waals surface area contributed by atoms with Crippen LogP contribution in [0.25, 0.3) is 10.2 Å². The maximum atomic E-state index is 13.7. The molecule has 6 N–H and O–H groups in total. The predicted octanol–water partition coefficient (Wildman–Crippen LogP) is 5.35. The van der Waals surface area contributed by atoms with Gasteiger partial charge in [0.1, 0.15) is 12.1 Å². The fourth-order valence-corrected chi connectivity index (χ4v) is 6.80. The summed E-state index contributed by atoms with van der Waals surface area (Å²) >= 11 is 1.29. The van der Waals surface area contributed by atoms with Crippen LogP contribution in [0, 0.1) is 11.8 Å². The number of Topliss-reactive ketones (excluding diaryl/α,β-unsaturated/α-hetero) is 1. The van der Waals surface area contributed by atoms with E-state index < -0.39 is 24.1 Å². The predicted molar refractivity (Wildman–Crippen MR) is 179 cm³/mol. The summed E-state index contributed by atoms with van der Waals surface area (Å²) in [5, 5.41) is 6.06. The lowest BCUT2D eigenvalue weighted by atomic mass is 9.83. The Morgan fingerprint density at radius 2 is 1.69 bits per heavy atom. The SMILES string of the molecule is CC(C)C[C@H](NC(=O)OC(Cc1ccccc1)C1CCCCC1)C(=O)N[C@@H](CCCN=C(N)N)C(=O)c1nc2ccccc2s1. The molecule has 1 aliphatic carbocycles. The van der Waals surface area contributed by atoms with Gasteiger partial charge in [0.2, 0.25) is 11.7 Å². The number of nitrogens with zero attached hydrogens (tertiary/aromatic N) is 2. The van der Waals surface area contributed by atoms with Crippen LogP contribution in [0.3, 0.4) is 0 Å². The van der Waals surface area contributed by atoms with Crippen molar-refractivity contribution in [3.8, 4) is 0 Å². The van der Waals surface area contributed by atoms with Gasteiger partial charge in [-0.1, -0.05) is 75.6 Å². The molecule has 1 saturated carbocycles. The average Bonchev–Trinajstić information content (AvgIpc) is 3.46. The Labute approximate surface area is 269 Å². The molecule has 4 rings (SSSR count). The number of carbonyl (C=O) groups is 3. The first kappa shape index (κ1) is 33.9. The summed E-state index contributed by atoms with van der Waals surface area (Å²) in [7, 11) is 0. The van der Waals surface area contributed by atoms with E-state index in [4.69, 9.17) is 16.2 Å². The number of amides is 2. The maximum Gasteiger partial charge on any atom is 0.408 e. The third kappa shape index (κ3) is 10.6. The second-order valence-corrected chi connectivity index (χ2v) is 13.2. The number of ether oxygens (including phenoxy) is 1. The summed E-state index contributed by atoms with van der Waals surface area (Å²) < 4.78 is 6.96. The minimum Gasteiger partial charge on any atom is -0.446 e. The van der Waals surface area contributed by atoms with E-state index >= 15 is 0 Å². The molecule has 11 heteroatoms. The molecular formula is C34H46N6O4S. The van der Waals surface area contributed by atoms with Crippen molar-refractivity contribution in [2.24, 2.45) is 28.3 Å². The number of aromatic nitrogens is 1. The lowest BCUT2D eigenvalue weighted by Gasteiger charge is -2.31. The van der Waals surface area contributed by atoms with Crippen LogP contribution in [-0.2, 0) is 16.0 Å². The quantitative estimate of drug-likeness (QED) is 0.0758. The van der Waals surface area contributed by atoms with E-state index in [1.54, 1.807) is 0 Å². The highest BCUT2D eigenvalue weighted by Gasteiger charge is 2.32. The molecule has 1 aromatic heterocycles. The molecule has 3 atom stereocenters. The fourth-order valence-electron chi connectivity index (χ4n) is 5.84. The molecule has 1 aliphatic rings. The van der Waals surface area contributed by atoms with Crippen molar-refractivity contribution in [1.82, 2.24) is 15.6 Å². The van der Waals surface area contributed by atoms with E-state index in [0.717, 1.165) is 41.5 Å². The number of nitrogens with one attached hydrogen (secondary N) is 2. The summed E-state index contributed by atoms with van der Waals surface area (Å²) in [6.45, 7) is 4.27. The number of nitrogens with two attached hydrogens (primary N) is 2. The number of benzene rings is 2. The van der Waals surface area contributed by atoms with Crippen LogP contribution >= 0.6 is 11.3 Å². The first-order valence-corrected chi connectivity index (χ1v) is 16.8. The summed E-state index contributed by atoms with van der Waals surface area (Å²) in [4.78, 5) is 49.3. The van der Waals surface area contributed by atoms with Crippen molar-refractivity contribution in [2.75, 3.05) is 6.54 Å². The van der Waals surface area contributed by atoms with Gasteiger partial charge in [0.05, 0.1) is 16.3 Å². The van der Waals surface area contributed by atoms with Crippen molar-refractivity contribution in [3.63, 3.8) is 0 Å². The van der Waals surface area contributed by atoms with E-state index in [0.29, 0.717) is 37.2 Å². The fraction of sp³-hybridized carbons (Fsp3) is 0.500. The molecule has 0 aliphatic heterocycles. The van der Waals surface area contributed by atoms with Gasteiger partial charge in [-0.2, -0.15) is 0 Å². The van der Waals surface area contributed by atoms with E-state index in [1.165, 1.54) is 17.8 Å². The Bertz CT molecular complexity index is 1400. The Morgan fingerprint density at radius 3 is 2.38 bits per heavy atom. The zero-order chi connectivity index (χ0) is 32.2. The van der Waals surface area contributed by atoms with Crippen LogP contribution in [0.15, 0.2) is 59.6 Å². The standard InChI is InChI=1S/C34H46N6O4S/c1-22(2)20-27(40-34(43)44-28(24-14-7-4-8-15-24)21-23-12-5-3-6-13-23)31(42)38-26(17-11-19-37-33(35)36)30(41)32-39-25-16-9-10-18-29(25)45-32/h3,5-6,9-10,12-13,16,18,22,24,26-28H,4,7-8,11,14-15,17,19-21H2,1-2H3,(H,38,42)(H,40,43)(H4,35,36,37)/t26-,27-,28?/m0/s1. The van der Waals surface area contributed by atoms with Crippen LogP contribution in [0.4, 0.5) is 4.79 Å². The zero-order valence-corrected chi connectivity index (χ0v) is 27.1. The third-order valence-electron chi connectivity index (χ3n) is 8.11. The van der Waals surface area contributed by atoms with Crippen LogP contribution in [-0.4, -0.2) is 53.5 Å². The Balaban J connectivity index is 1.48. The number of aliphatic imine (C=N–C) groups is 1. The minimum atomic E-state index is -0.885. The van der Waals surface area contributed by atoms with Crippen molar-refractivity contribution in [3.05, 3.63) is 65.2 Å². The van der Waals surface area contributed by atoms with Crippen LogP contribution in [0.1, 0.15) is 80.6 Å². The van der Waals surface area contributed by atoms with E-state index in [9.17, 15) is 14.4 Å². The summed E-state index contributed by atoms with van der Waals surface area (Å²) in [6.07, 6.45) is 6.30. The Kier molecular flexibility index (Phi) is 12.7. The normalized spacial score (nSPS) is 15.6. The van der Waals surface area contributed by atoms with Gasteiger partial charge in [0, 0.05) is 13.0 Å². The van der Waals surface area contributed by atoms with E-state index in [2.05, 4.69) is 20.6 Å². The summed E-state index contributed by atoms with van der Waals surface area (Å²) in [5.74, 6) is -0.408. The Hall–Kier alpha value is -3.99. The van der Waals surface area contributed by atoms with Crippen LogP contribution < -0.4 is 22.1 Å². The number of guanidine groups is 1. The lowest BCUT2D eigenvalue weighted by Crippen LogP contribution is -2.52. The first-order chi connectivity index (χ1) is 21.7. The Morgan fingerprint density at radius 1 is 0.978 bits per heavy atom. The molecule has 45 heavy (non-hydrogen) atoms. The number of fused-ring (bicyclic) bond motifs is 1. The summed E-state index contributed by atoms with van der Waals surface area (Å²) in [6, 6.07) is 15.8. The monoisotopic (exact) mass is 634 g/mol. The van der Waals surface area contributed by atoms with E-state index in [1.807, 2.05) is 68.4 Å². The number of para-hydroxylation sites is 1. The molecule has 10 nitrogen and oxygen atoms in total. The number of ketones is 1. The zero-order valence-electron chi connectivity index (χ0n) is 26.2. The highest BCUT2D eigenvalue weighted by Crippen LogP contribution is 2.30. The second kappa shape index (κ2) is 16.9. The van der Waals surface area contributed by atoms with Crippen LogP contribution in [0.5, 0.6) is 0 Å². The molecule has 0 spiro atoms. The first-order valence-electron chi connectivity index (χ1n) is 16.0. The third-order valence-corrected chi connectivity index (χ3v) is 9.16. The lowest BCUT2D eigenvalue weighted by molar-refractivity contribution is -0.124. The second-order valence-electron chi connectivity index (χ2n) is 12.2. The van der Waals surface area contributed by atoms with Crippen LogP contribution in [0.2, 0.25) is 0 Å². The number of rotatable bonds is 15. The largest absolute Gasteiger partial charge is 0.446 e. The molecule has 3 aromatic rings. The molecular weight excluding hydrogens is 588 g/mol. The van der Waals surface area contributed by atoms with Gasteiger partial charge in [0.15, 0.2) is 11.0 Å². The van der Waals surface area contributed by atoms with Gasteiger partial charge in [-0.15, -0.1) is 11.3 Å². The number of alkyl carbamates (subject to hydrolysis) is 1. The van der Waals surface area contributed by atoms with Gasteiger partial charge in [-0.25, -0.2) is 9.78 Å². The minimum absolute atomic E-state index is 0.0356. The molecule has 242 valence electrons. The molecule has 1 heterocycles. The molecule has 0 bridgehead atoms. The van der Waals surface area contributed by atoms with Gasteiger partial charge < -0.3 is 26.8 Å². The molecule has 0 saturated heterocycles. The summed E-state index contributed by atoms with van der Waals surface area (Å²) in [5.41, 5.74) is 12.8. The van der Waals surface area contributed by atoms with Crippen molar-refractivity contribution < 1.29 is 19.1 Å². The van der Waals surface area contributed by atoms with Gasteiger partial charge in [-0.3, -0.25) is 14.6 Å². The number of hydrogen-bond acceptors (Lipinski definition) is 7. The van der Waals surface area contributed by atoms with Gasteiger partial charge in [0.25, 0.3) is 0 Å². The van der Waals surface area contributed by atoms with Crippen molar-refractivity contribution in [1.29, 1.82) is 0 Å². The van der Waals surface area contributed by atoms with Crippen molar-refractivity contribution >= 4 is 45.3 Å². The molecule has 0 radical (unpaired) electrons. The van der Waals surface area contributed by atoms with Crippen molar-refractivity contribution in [2.45, 2.75) is 89.8 Å². The number of thiazole rings is 1. The highest BCUT2D eigenvalue weighted by molar-refractivity contribution is 7.20. The molecule has 2 amide bonds. The topological polar surface area (TPSA) is 162 Å². The maximum absolute atomic E-state index is 13.7. The number of hydrogen-bond donors (Lipinski definition) is 4. The average molecular weight is 635 g/mol. The smallest absolute Gasteiger partial charge is 0.408 e. The molecule has 1 fully saturated rings. The van der Waals surface area contributed by atoms with E-state index in [-0.39, 0.29) is 29.7 Å². The molecule has 1 unspecified atom stereocenters. The number of carbonyl (C=O) groups excluding carboxylic acids is 3.